The molecule has 2 aromatic heterocycles. The Balaban J connectivity index is 0.00000280. The third-order valence-electron chi connectivity index (χ3n) is 4.30. The quantitative estimate of drug-likeness (QED) is 0.287. The van der Waals surface area contributed by atoms with Crippen molar-refractivity contribution < 1.29 is 0 Å². The summed E-state index contributed by atoms with van der Waals surface area (Å²) < 4.78 is 1.86. The maximum Gasteiger partial charge on any atom is 0.191 e. The molecule has 0 radical (unpaired) electrons. The van der Waals surface area contributed by atoms with Crippen molar-refractivity contribution in [1.29, 1.82) is 0 Å². The molecule has 2 heterocycles. The average molecular weight is 510 g/mol. The number of thiazole rings is 1. The minimum absolute atomic E-state index is 0. The Hall–Kier alpha value is -1.94. The highest BCUT2D eigenvalue weighted by Crippen LogP contribution is 2.16. The van der Waals surface area contributed by atoms with Gasteiger partial charge in [-0.1, -0.05) is 19.1 Å². The van der Waals surface area contributed by atoms with Crippen molar-refractivity contribution in [3.63, 3.8) is 0 Å². The Kier molecular flexibility index (Phi) is 8.91. The van der Waals surface area contributed by atoms with E-state index in [1.165, 1.54) is 10.4 Å². The predicted octanol–water partition coefficient (Wildman–Crippen LogP) is 3.98. The van der Waals surface area contributed by atoms with Gasteiger partial charge in [-0.3, -0.25) is 4.99 Å². The normalized spacial score (nSPS) is 12.3. The summed E-state index contributed by atoms with van der Waals surface area (Å²) in [6.45, 7) is 5.09. The SMILES string of the molecule is CCc1cnc(CCNC(=NC)NC(C)c2cccc(-n3cccn3)c2)s1.I. The van der Waals surface area contributed by atoms with Crippen LogP contribution in [-0.4, -0.2) is 34.3 Å². The number of halogens is 1. The van der Waals surface area contributed by atoms with Crippen LogP contribution in [-0.2, 0) is 12.8 Å². The van der Waals surface area contributed by atoms with Crippen molar-refractivity contribution in [2.75, 3.05) is 13.6 Å². The van der Waals surface area contributed by atoms with Crippen LogP contribution in [0.15, 0.2) is 53.9 Å². The number of aliphatic imine (C=N–C) groups is 1. The predicted molar refractivity (Wildman–Crippen MR) is 127 cm³/mol. The summed E-state index contributed by atoms with van der Waals surface area (Å²) in [6, 6.07) is 10.4. The molecule has 1 atom stereocenters. The molecule has 0 amide bonds. The van der Waals surface area contributed by atoms with Crippen molar-refractivity contribution >= 4 is 41.3 Å². The number of nitrogens with zero attached hydrogens (tertiary/aromatic N) is 4. The first kappa shape index (κ1) is 22.4. The molecule has 6 nitrogen and oxygen atoms in total. The van der Waals surface area contributed by atoms with Gasteiger partial charge in [0.15, 0.2) is 5.96 Å². The second-order valence-corrected chi connectivity index (χ2v) is 7.43. The standard InChI is InChI=1S/C20H26N6S.HI/c1-4-18-14-23-19(27-18)9-11-22-20(21-3)25-15(2)16-7-5-8-17(13-16)26-12-6-10-24-26;/h5-8,10,12-15H,4,9,11H2,1-3H3,(H2,21,22,25);1H. The fraction of sp³-hybridized carbons (Fsp3) is 0.350. The molecule has 1 unspecified atom stereocenters. The molecule has 0 fully saturated rings. The van der Waals surface area contributed by atoms with Gasteiger partial charge in [-0.05, 0) is 37.1 Å². The second kappa shape index (κ2) is 11.2. The Bertz CT molecular complexity index is 874. The molecule has 0 aliphatic carbocycles. The van der Waals surface area contributed by atoms with Crippen LogP contribution in [0.4, 0.5) is 0 Å². The third-order valence-corrected chi connectivity index (χ3v) is 5.50. The molecule has 1 aromatic carbocycles. The van der Waals surface area contributed by atoms with E-state index in [0.717, 1.165) is 36.0 Å². The molecule has 0 spiro atoms. The molecule has 3 aromatic rings. The van der Waals surface area contributed by atoms with Gasteiger partial charge in [-0.15, -0.1) is 35.3 Å². The Morgan fingerprint density at radius 1 is 1.32 bits per heavy atom. The average Bonchev–Trinajstić information content (AvgIpc) is 3.39. The molecule has 0 saturated carbocycles. The van der Waals surface area contributed by atoms with E-state index >= 15 is 0 Å². The van der Waals surface area contributed by atoms with Gasteiger partial charge in [-0.25, -0.2) is 9.67 Å². The van der Waals surface area contributed by atoms with E-state index in [0.29, 0.717) is 0 Å². The number of rotatable bonds is 7. The number of aryl methyl sites for hydroxylation is 1. The molecule has 0 aliphatic rings. The fourth-order valence-corrected chi connectivity index (χ4v) is 3.62. The van der Waals surface area contributed by atoms with Crippen LogP contribution in [0.25, 0.3) is 5.69 Å². The summed E-state index contributed by atoms with van der Waals surface area (Å²) in [5.74, 6) is 0.791. The molecule has 0 saturated heterocycles. The van der Waals surface area contributed by atoms with E-state index in [4.69, 9.17) is 0 Å². The largest absolute Gasteiger partial charge is 0.356 e. The van der Waals surface area contributed by atoms with E-state index in [9.17, 15) is 0 Å². The number of benzene rings is 1. The topological polar surface area (TPSA) is 67.1 Å². The molecule has 150 valence electrons. The summed E-state index contributed by atoms with van der Waals surface area (Å²) >= 11 is 1.78. The second-order valence-electron chi connectivity index (χ2n) is 6.23. The highest BCUT2D eigenvalue weighted by Gasteiger charge is 2.09. The van der Waals surface area contributed by atoms with E-state index in [1.54, 1.807) is 24.6 Å². The van der Waals surface area contributed by atoms with Gasteiger partial charge in [0, 0.05) is 43.5 Å². The summed E-state index contributed by atoms with van der Waals surface area (Å²) in [7, 11) is 1.79. The molecule has 0 bridgehead atoms. The lowest BCUT2D eigenvalue weighted by Gasteiger charge is -2.19. The van der Waals surface area contributed by atoms with Crippen molar-refractivity contribution in [3.8, 4) is 5.69 Å². The maximum absolute atomic E-state index is 4.46. The maximum atomic E-state index is 4.46. The summed E-state index contributed by atoms with van der Waals surface area (Å²) in [6.07, 6.45) is 7.64. The minimum atomic E-state index is 0. The third kappa shape index (κ3) is 6.03. The minimum Gasteiger partial charge on any atom is -0.356 e. The molecule has 2 N–H and O–H groups in total. The van der Waals surface area contributed by atoms with Gasteiger partial charge >= 0.3 is 0 Å². The van der Waals surface area contributed by atoms with E-state index in [-0.39, 0.29) is 30.0 Å². The zero-order valence-corrected chi connectivity index (χ0v) is 19.6. The fourth-order valence-electron chi connectivity index (χ4n) is 2.76. The van der Waals surface area contributed by atoms with E-state index in [1.807, 2.05) is 23.1 Å². The van der Waals surface area contributed by atoms with Crippen molar-refractivity contribution in [2.24, 2.45) is 4.99 Å². The number of aromatic nitrogens is 3. The zero-order valence-electron chi connectivity index (χ0n) is 16.4. The van der Waals surface area contributed by atoms with Crippen molar-refractivity contribution in [2.45, 2.75) is 32.7 Å². The lowest BCUT2D eigenvalue weighted by Crippen LogP contribution is -2.39. The molecular weight excluding hydrogens is 483 g/mol. The molecule has 8 heteroatoms. The first-order chi connectivity index (χ1) is 13.2. The smallest absolute Gasteiger partial charge is 0.191 e. The number of guanidine groups is 1. The van der Waals surface area contributed by atoms with Crippen LogP contribution in [0.2, 0.25) is 0 Å². The van der Waals surface area contributed by atoms with E-state index < -0.39 is 0 Å². The number of hydrogen-bond acceptors (Lipinski definition) is 4. The van der Waals surface area contributed by atoms with Crippen molar-refractivity contribution in [3.05, 3.63) is 64.4 Å². The van der Waals surface area contributed by atoms with Gasteiger partial charge in [0.2, 0.25) is 0 Å². The lowest BCUT2D eigenvalue weighted by atomic mass is 10.1. The highest BCUT2D eigenvalue weighted by atomic mass is 127. The van der Waals surface area contributed by atoms with Gasteiger partial charge in [0.1, 0.15) is 0 Å². The molecular formula is C20H27IN6S. The van der Waals surface area contributed by atoms with Gasteiger partial charge in [0.05, 0.1) is 16.7 Å². The molecule has 3 rings (SSSR count). The van der Waals surface area contributed by atoms with Crippen LogP contribution in [0.3, 0.4) is 0 Å². The first-order valence-electron chi connectivity index (χ1n) is 9.20. The Morgan fingerprint density at radius 3 is 2.86 bits per heavy atom. The Morgan fingerprint density at radius 2 is 2.18 bits per heavy atom. The van der Waals surface area contributed by atoms with Crippen LogP contribution < -0.4 is 10.6 Å². The summed E-state index contributed by atoms with van der Waals surface area (Å²) in [4.78, 5) is 10.1. The van der Waals surface area contributed by atoms with Gasteiger partial charge < -0.3 is 10.6 Å². The monoisotopic (exact) mass is 510 g/mol. The van der Waals surface area contributed by atoms with Crippen molar-refractivity contribution in [1.82, 2.24) is 25.4 Å². The van der Waals surface area contributed by atoms with Crippen LogP contribution >= 0.6 is 35.3 Å². The van der Waals surface area contributed by atoms with Crippen LogP contribution in [0, 0.1) is 0 Å². The lowest BCUT2D eigenvalue weighted by molar-refractivity contribution is 0.682. The van der Waals surface area contributed by atoms with Crippen LogP contribution in [0.1, 0.15) is 35.3 Å². The number of hydrogen-bond donors (Lipinski definition) is 2. The zero-order chi connectivity index (χ0) is 19.1. The van der Waals surface area contributed by atoms with Gasteiger partial charge in [-0.2, -0.15) is 5.10 Å². The highest BCUT2D eigenvalue weighted by molar-refractivity contribution is 14.0. The molecule has 28 heavy (non-hydrogen) atoms. The number of nitrogens with one attached hydrogen (secondary N) is 2. The van der Waals surface area contributed by atoms with Gasteiger partial charge in [0.25, 0.3) is 0 Å². The van der Waals surface area contributed by atoms with Crippen LogP contribution in [0.5, 0.6) is 0 Å². The summed E-state index contributed by atoms with van der Waals surface area (Å²) in [5, 5.41) is 12.3. The first-order valence-corrected chi connectivity index (χ1v) is 10.0. The Labute approximate surface area is 187 Å². The summed E-state index contributed by atoms with van der Waals surface area (Å²) in [5.41, 5.74) is 2.23. The molecule has 0 aliphatic heterocycles. The van der Waals surface area contributed by atoms with E-state index in [2.05, 4.69) is 63.8 Å².